The molecule has 0 spiro atoms. The normalized spacial score (nSPS) is 11.1. The van der Waals surface area contributed by atoms with Gasteiger partial charge in [0, 0.05) is 17.9 Å². The Morgan fingerprint density at radius 1 is 0.800 bits per heavy atom. The molecular formula is C20H20N2O2S. The van der Waals surface area contributed by atoms with E-state index in [1.54, 1.807) is 42.5 Å². The molecule has 0 radical (unpaired) electrons. The smallest absolute Gasteiger partial charge is 0.261 e. The second-order valence-corrected chi connectivity index (χ2v) is 7.52. The summed E-state index contributed by atoms with van der Waals surface area (Å²) in [6.07, 6.45) is 0. The fraction of sp³-hybridized carbons (Fsp3) is 0.100. The van der Waals surface area contributed by atoms with Crippen LogP contribution in [-0.4, -0.2) is 8.42 Å². The Bertz CT molecular complexity index is 937. The quantitative estimate of drug-likeness (QED) is 0.691. The van der Waals surface area contributed by atoms with Gasteiger partial charge in [-0.3, -0.25) is 4.72 Å². The molecule has 0 saturated heterocycles. The van der Waals surface area contributed by atoms with E-state index >= 15 is 0 Å². The molecule has 0 saturated carbocycles. The Balaban J connectivity index is 1.64. The predicted molar refractivity (Wildman–Crippen MR) is 102 cm³/mol. The minimum absolute atomic E-state index is 0.247. The molecule has 4 nitrogen and oxygen atoms in total. The topological polar surface area (TPSA) is 58.2 Å². The van der Waals surface area contributed by atoms with Crippen molar-refractivity contribution in [3.05, 3.63) is 90.0 Å². The molecule has 0 amide bonds. The molecule has 0 bridgehead atoms. The fourth-order valence-corrected chi connectivity index (χ4v) is 3.58. The van der Waals surface area contributed by atoms with E-state index in [1.807, 2.05) is 18.2 Å². The summed E-state index contributed by atoms with van der Waals surface area (Å²) < 4.78 is 27.2. The highest BCUT2D eigenvalue weighted by Gasteiger charge is 2.13. The average molecular weight is 352 g/mol. The molecule has 0 fully saturated rings. The number of anilines is 2. The molecule has 3 aromatic rings. The van der Waals surface area contributed by atoms with Gasteiger partial charge in [-0.25, -0.2) is 8.42 Å². The highest BCUT2D eigenvalue weighted by molar-refractivity contribution is 7.92. The summed E-state index contributed by atoms with van der Waals surface area (Å²) in [6, 6.07) is 23.9. The predicted octanol–water partition coefficient (Wildman–Crippen LogP) is 4.41. The van der Waals surface area contributed by atoms with Crippen LogP contribution in [0.1, 0.15) is 11.1 Å². The van der Waals surface area contributed by atoms with Crippen molar-refractivity contribution >= 4 is 21.4 Å². The highest BCUT2D eigenvalue weighted by Crippen LogP contribution is 2.19. The van der Waals surface area contributed by atoms with E-state index in [9.17, 15) is 8.42 Å². The van der Waals surface area contributed by atoms with Crippen molar-refractivity contribution in [3.63, 3.8) is 0 Å². The molecule has 0 aliphatic rings. The summed E-state index contributed by atoms with van der Waals surface area (Å²) in [5.74, 6) is 0. The van der Waals surface area contributed by atoms with Crippen LogP contribution in [0.15, 0.2) is 83.8 Å². The van der Waals surface area contributed by atoms with Gasteiger partial charge in [0.1, 0.15) is 0 Å². The SMILES string of the molecule is Cc1cccc(CNc2ccc(NS(=O)(=O)c3ccccc3)cc2)c1. The summed E-state index contributed by atoms with van der Waals surface area (Å²) in [4.78, 5) is 0.247. The minimum atomic E-state index is -3.56. The molecule has 5 heteroatoms. The first-order chi connectivity index (χ1) is 12.0. The summed E-state index contributed by atoms with van der Waals surface area (Å²) >= 11 is 0. The Morgan fingerprint density at radius 2 is 1.48 bits per heavy atom. The van der Waals surface area contributed by atoms with Gasteiger partial charge in [0.25, 0.3) is 10.0 Å². The van der Waals surface area contributed by atoms with Crippen molar-refractivity contribution in [2.75, 3.05) is 10.0 Å². The third-order valence-electron chi connectivity index (χ3n) is 3.77. The lowest BCUT2D eigenvalue weighted by Crippen LogP contribution is -2.12. The Hall–Kier alpha value is -2.79. The van der Waals surface area contributed by atoms with E-state index in [0.717, 1.165) is 12.2 Å². The zero-order valence-corrected chi connectivity index (χ0v) is 14.8. The number of sulfonamides is 1. The summed E-state index contributed by atoms with van der Waals surface area (Å²) in [5, 5.41) is 3.33. The second-order valence-electron chi connectivity index (χ2n) is 5.84. The van der Waals surface area contributed by atoms with Crippen LogP contribution in [0.3, 0.4) is 0 Å². The summed E-state index contributed by atoms with van der Waals surface area (Å²) in [5.41, 5.74) is 3.90. The first-order valence-corrected chi connectivity index (χ1v) is 9.49. The lowest BCUT2D eigenvalue weighted by atomic mass is 10.1. The monoisotopic (exact) mass is 352 g/mol. The van der Waals surface area contributed by atoms with Crippen LogP contribution in [0.25, 0.3) is 0 Å². The molecule has 0 atom stereocenters. The maximum Gasteiger partial charge on any atom is 0.261 e. The fourth-order valence-electron chi connectivity index (χ4n) is 2.50. The minimum Gasteiger partial charge on any atom is -0.381 e. The van der Waals surface area contributed by atoms with Gasteiger partial charge in [0.15, 0.2) is 0 Å². The van der Waals surface area contributed by atoms with Crippen LogP contribution in [0, 0.1) is 6.92 Å². The van der Waals surface area contributed by atoms with E-state index in [1.165, 1.54) is 11.1 Å². The number of rotatable bonds is 6. The third kappa shape index (κ3) is 4.61. The van der Waals surface area contributed by atoms with Gasteiger partial charge in [-0.1, -0.05) is 48.0 Å². The van der Waals surface area contributed by atoms with Gasteiger partial charge in [0.2, 0.25) is 0 Å². The van der Waals surface area contributed by atoms with Gasteiger partial charge in [0.05, 0.1) is 4.90 Å². The zero-order chi connectivity index (χ0) is 17.7. The summed E-state index contributed by atoms with van der Waals surface area (Å²) in [6.45, 7) is 2.79. The van der Waals surface area contributed by atoms with Crippen molar-refractivity contribution in [1.29, 1.82) is 0 Å². The van der Waals surface area contributed by atoms with Crippen LogP contribution in [0.4, 0.5) is 11.4 Å². The van der Waals surface area contributed by atoms with E-state index in [0.29, 0.717) is 5.69 Å². The highest BCUT2D eigenvalue weighted by atomic mass is 32.2. The average Bonchev–Trinajstić information content (AvgIpc) is 2.62. The van der Waals surface area contributed by atoms with Gasteiger partial charge < -0.3 is 5.32 Å². The van der Waals surface area contributed by atoms with Crippen molar-refractivity contribution in [2.45, 2.75) is 18.4 Å². The Kier molecular flexibility index (Phi) is 5.05. The van der Waals surface area contributed by atoms with E-state index < -0.39 is 10.0 Å². The van der Waals surface area contributed by atoms with Crippen LogP contribution in [-0.2, 0) is 16.6 Å². The van der Waals surface area contributed by atoms with Crippen molar-refractivity contribution in [1.82, 2.24) is 0 Å². The van der Waals surface area contributed by atoms with E-state index in [-0.39, 0.29) is 4.90 Å². The van der Waals surface area contributed by atoms with Crippen LogP contribution in [0.2, 0.25) is 0 Å². The molecule has 0 aromatic heterocycles. The number of benzene rings is 3. The number of hydrogen-bond donors (Lipinski definition) is 2. The van der Waals surface area contributed by atoms with E-state index in [2.05, 4.69) is 35.2 Å². The summed E-state index contributed by atoms with van der Waals surface area (Å²) in [7, 11) is -3.56. The molecule has 3 rings (SSSR count). The maximum atomic E-state index is 12.3. The number of nitrogens with one attached hydrogen (secondary N) is 2. The van der Waals surface area contributed by atoms with Crippen LogP contribution < -0.4 is 10.0 Å². The molecule has 0 aliphatic heterocycles. The van der Waals surface area contributed by atoms with Gasteiger partial charge in [-0.15, -0.1) is 0 Å². The van der Waals surface area contributed by atoms with Crippen molar-refractivity contribution < 1.29 is 8.42 Å². The van der Waals surface area contributed by atoms with Crippen LogP contribution in [0.5, 0.6) is 0 Å². The maximum absolute atomic E-state index is 12.3. The number of aryl methyl sites for hydroxylation is 1. The largest absolute Gasteiger partial charge is 0.381 e. The Labute approximate surface area is 148 Å². The van der Waals surface area contributed by atoms with Gasteiger partial charge in [-0.2, -0.15) is 0 Å². The lowest BCUT2D eigenvalue weighted by Gasteiger charge is -2.10. The van der Waals surface area contributed by atoms with Gasteiger partial charge >= 0.3 is 0 Å². The van der Waals surface area contributed by atoms with Gasteiger partial charge in [-0.05, 0) is 48.9 Å². The van der Waals surface area contributed by atoms with E-state index in [4.69, 9.17) is 0 Å². The standard InChI is InChI=1S/C20H20N2O2S/c1-16-6-5-7-17(14-16)15-21-18-10-12-19(13-11-18)22-25(23,24)20-8-3-2-4-9-20/h2-14,21-22H,15H2,1H3. The second kappa shape index (κ2) is 7.40. The van der Waals surface area contributed by atoms with Crippen molar-refractivity contribution in [3.8, 4) is 0 Å². The molecule has 2 N–H and O–H groups in total. The molecule has 25 heavy (non-hydrogen) atoms. The lowest BCUT2D eigenvalue weighted by molar-refractivity contribution is 0.601. The molecule has 3 aromatic carbocycles. The first-order valence-electron chi connectivity index (χ1n) is 8.00. The molecule has 128 valence electrons. The van der Waals surface area contributed by atoms with Crippen molar-refractivity contribution in [2.24, 2.45) is 0 Å². The molecule has 0 unspecified atom stereocenters. The molecular weight excluding hydrogens is 332 g/mol. The zero-order valence-electron chi connectivity index (χ0n) is 13.9. The first kappa shape index (κ1) is 17.0. The number of hydrogen-bond acceptors (Lipinski definition) is 3. The molecule has 0 heterocycles. The van der Waals surface area contributed by atoms with Crippen LogP contribution >= 0.6 is 0 Å². The Morgan fingerprint density at radius 3 is 2.16 bits per heavy atom. The third-order valence-corrected chi connectivity index (χ3v) is 5.17. The molecule has 0 aliphatic carbocycles.